The van der Waals surface area contributed by atoms with Gasteiger partial charge in [0.1, 0.15) is 18.2 Å². The third-order valence-corrected chi connectivity index (χ3v) is 2.49. The van der Waals surface area contributed by atoms with Crippen LogP contribution in [0.1, 0.15) is 32.5 Å². The minimum Gasteiger partial charge on any atom is -0.377 e. The summed E-state index contributed by atoms with van der Waals surface area (Å²) in [7, 11) is 1.63. The van der Waals surface area contributed by atoms with Gasteiger partial charge in [-0.05, 0) is 12.8 Å². The zero-order valence-electron chi connectivity index (χ0n) is 11.4. The van der Waals surface area contributed by atoms with E-state index in [0.29, 0.717) is 18.2 Å². The summed E-state index contributed by atoms with van der Waals surface area (Å²) in [6.45, 7) is 6.64. The van der Waals surface area contributed by atoms with Crippen LogP contribution >= 0.6 is 0 Å². The first kappa shape index (κ1) is 14.7. The molecular weight excluding hydrogens is 230 g/mol. The van der Waals surface area contributed by atoms with Crippen molar-refractivity contribution in [2.75, 3.05) is 30.5 Å². The minimum atomic E-state index is 0.384. The molecule has 0 spiro atoms. The third kappa shape index (κ3) is 4.12. The van der Waals surface area contributed by atoms with Crippen LogP contribution in [0.5, 0.6) is 0 Å². The molecule has 1 aromatic heterocycles. The Balaban J connectivity index is 2.99. The highest BCUT2D eigenvalue weighted by molar-refractivity contribution is 5.48. The molecule has 1 rings (SSSR count). The number of hydrazine groups is 1. The molecule has 0 radical (unpaired) electrons. The molecule has 0 aliphatic carbocycles. The number of hydrogen-bond donors (Lipinski definition) is 2. The predicted octanol–water partition coefficient (Wildman–Crippen LogP) is 1.53. The summed E-state index contributed by atoms with van der Waals surface area (Å²) < 4.78 is 5.07. The molecule has 0 fully saturated rings. The average molecular weight is 253 g/mol. The Morgan fingerprint density at radius 1 is 1.28 bits per heavy atom. The lowest BCUT2D eigenvalue weighted by atomic mass is 10.3. The van der Waals surface area contributed by atoms with Gasteiger partial charge in [-0.25, -0.2) is 15.8 Å². The van der Waals surface area contributed by atoms with Crippen molar-refractivity contribution in [2.24, 2.45) is 5.84 Å². The van der Waals surface area contributed by atoms with Gasteiger partial charge in [0.2, 0.25) is 0 Å². The Labute approximate surface area is 109 Å². The Morgan fingerprint density at radius 2 is 1.94 bits per heavy atom. The second-order valence-electron chi connectivity index (χ2n) is 4.09. The lowest BCUT2D eigenvalue weighted by Gasteiger charge is -2.23. The number of rotatable bonds is 8. The number of nitrogens with two attached hydrogens (primary N) is 1. The van der Waals surface area contributed by atoms with Crippen LogP contribution in [0.4, 0.5) is 11.6 Å². The first-order chi connectivity index (χ1) is 8.74. The number of nitrogens with one attached hydrogen (secondary N) is 1. The first-order valence-corrected chi connectivity index (χ1v) is 6.33. The van der Waals surface area contributed by atoms with Gasteiger partial charge < -0.3 is 15.1 Å². The maximum atomic E-state index is 5.43. The summed E-state index contributed by atoms with van der Waals surface area (Å²) >= 11 is 0. The zero-order chi connectivity index (χ0) is 13.4. The summed E-state index contributed by atoms with van der Waals surface area (Å²) in [5, 5.41) is 0. The van der Waals surface area contributed by atoms with Crippen molar-refractivity contribution in [3.8, 4) is 0 Å². The van der Waals surface area contributed by atoms with E-state index in [1.54, 1.807) is 7.11 Å². The maximum Gasteiger partial charge on any atom is 0.158 e. The fourth-order valence-corrected chi connectivity index (χ4v) is 1.79. The molecular formula is C12H23N5O. The predicted molar refractivity (Wildman–Crippen MR) is 73.4 cm³/mol. The number of hydrogen-bond acceptors (Lipinski definition) is 6. The van der Waals surface area contributed by atoms with E-state index in [9.17, 15) is 0 Å². The fourth-order valence-electron chi connectivity index (χ4n) is 1.79. The Bertz CT molecular complexity index is 352. The van der Waals surface area contributed by atoms with E-state index in [-0.39, 0.29) is 0 Å². The van der Waals surface area contributed by atoms with Crippen molar-refractivity contribution in [1.82, 2.24) is 9.97 Å². The van der Waals surface area contributed by atoms with Gasteiger partial charge in [-0.1, -0.05) is 13.8 Å². The molecule has 102 valence electrons. The Morgan fingerprint density at radius 3 is 2.44 bits per heavy atom. The van der Waals surface area contributed by atoms with Crippen LogP contribution in [-0.4, -0.2) is 30.2 Å². The van der Waals surface area contributed by atoms with Crippen molar-refractivity contribution < 1.29 is 4.74 Å². The van der Waals surface area contributed by atoms with E-state index in [1.165, 1.54) is 0 Å². The number of nitrogens with zero attached hydrogens (tertiary/aromatic N) is 3. The molecule has 18 heavy (non-hydrogen) atoms. The van der Waals surface area contributed by atoms with Gasteiger partial charge in [-0.3, -0.25) is 0 Å². The number of methoxy groups -OCH3 is 1. The fraction of sp³-hybridized carbons (Fsp3) is 0.667. The molecule has 3 N–H and O–H groups in total. The zero-order valence-corrected chi connectivity index (χ0v) is 11.4. The lowest BCUT2D eigenvalue weighted by Crippen LogP contribution is -2.27. The number of aromatic nitrogens is 2. The second kappa shape index (κ2) is 7.84. The Hall–Kier alpha value is -1.40. The highest BCUT2D eigenvalue weighted by Crippen LogP contribution is 2.16. The van der Waals surface area contributed by atoms with Gasteiger partial charge in [0, 0.05) is 26.3 Å². The molecule has 0 unspecified atom stereocenters. The molecule has 0 amide bonds. The molecule has 6 heteroatoms. The number of nitrogen functional groups attached to an aromatic ring is 1. The van der Waals surface area contributed by atoms with Crippen LogP contribution < -0.4 is 16.2 Å². The normalized spacial score (nSPS) is 10.4. The quantitative estimate of drug-likeness (QED) is 0.540. The molecule has 0 aliphatic rings. The Kier molecular flexibility index (Phi) is 6.38. The lowest BCUT2D eigenvalue weighted by molar-refractivity contribution is 0.178. The molecule has 1 heterocycles. The van der Waals surface area contributed by atoms with Crippen LogP contribution in [0.25, 0.3) is 0 Å². The van der Waals surface area contributed by atoms with E-state index in [1.807, 2.05) is 6.07 Å². The summed E-state index contributed by atoms with van der Waals surface area (Å²) in [6.07, 6.45) is 2.16. The number of anilines is 2. The van der Waals surface area contributed by atoms with Crippen molar-refractivity contribution >= 4 is 11.6 Å². The minimum absolute atomic E-state index is 0.384. The van der Waals surface area contributed by atoms with Crippen molar-refractivity contribution in [3.05, 3.63) is 11.9 Å². The van der Waals surface area contributed by atoms with Gasteiger partial charge in [0.15, 0.2) is 5.82 Å². The monoisotopic (exact) mass is 253 g/mol. The van der Waals surface area contributed by atoms with Gasteiger partial charge in [-0.2, -0.15) is 0 Å². The van der Waals surface area contributed by atoms with Gasteiger partial charge >= 0.3 is 0 Å². The average Bonchev–Trinajstić information content (AvgIpc) is 2.38. The van der Waals surface area contributed by atoms with Crippen LogP contribution in [0.2, 0.25) is 0 Å². The molecule has 0 saturated carbocycles. The highest BCUT2D eigenvalue weighted by Gasteiger charge is 2.10. The molecule has 0 saturated heterocycles. The van der Waals surface area contributed by atoms with Crippen LogP contribution in [0.3, 0.4) is 0 Å². The van der Waals surface area contributed by atoms with E-state index in [4.69, 9.17) is 10.6 Å². The summed E-state index contributed by atoms with van der Waals surface area (Å²) in [5.74, 6) is 7.58. The highest BCUT2D eigenvalue weighted by atomic mass is 16.5. The van der Waals surface area contributed by atoms with Crippen LogP contribution in [0, 0.1) is 0 Å². The summed E-state index contributed by atoms with van der Waals surface area (Å²) in [6, 6.07) is 1.87. The van der Waals surface area contributed by atoms with E-state index < -0.39 is 0 Å². The van der Waals surface area contributed by atoms with Gasteiger partial charge in [0.25, 0.3) is 0 Å². The summed E-state index contributed by atoms with van der Waals surface area (Å²) in [4.78, 5) is 11.0. The number of ether oxygens (including phenoxy) is 1. The molecule has 1 aromatic rings. The summed E-state index contributed by atoms with van der Waals surface area (Å²) in [5.41, 5.74) is 2.57. The standard InChI is InChI=1S/C12H23N5O/c1-4-6-17(7-5-2)12-8-10(16-13)14-11(15-12)9-18-3/h8H,4-7,9,13H2,1-3H3,(H,14,15,16). The third-order valence-electron chi connectivity index (χ3n) is 2.49. The molecule has 0 bridgehead atoms. The second-order valence-corrected chi connectivity index (χ2v) is 4.09. The molecule has 0 aliphatic heterocycles. The molecule has 6 nitrogen and oxygen atoms in total. The molecule has 0 aromatic carbocycles. The van der Waals surface area contributed by atoms with Gasteiger partial charge in [0.05, 0.1) is 0 Å². The maximum absolute atomic E-state index is 5.43. The van der Waals surface area contributed by atoms with Crippen molar-refractivity contribution in [1.29, 1.82) is 0 Å². The van der Waals surface area contributed by atoms with E-state index in [2.05, 4.69) is 34.1 Å². The van der Waals surface area contributed by atoms with Crippen molar-refractivity contribution in [2.45, 2.75) is 33.3 Å². The van der Waals surface area contributed by atoms with Gasteiger partial charge in [-0.15, -0.1) is 0 Å². The van der Waals surface area contributed by atoms with E-state index >= 15 is 0 Å². The van der Waals surface area contributed by atoms with Crippen LogP contribution in [0.15, 0.2) is 6.07 Å². The smallest absolute Gasteiger partial charge is 0.158 e. The van der Waals surface area contributed by atoms with Crippen molar-refractivity contribution in [3.63, 3.8) is 0 Å². The largest absolute Gasteiger partial charge is 0.377 e. The molecule has 0 atom stereocenters. The SMILES string of the molecule is CCCN(CCC)c1cc(NN)nc(COC)n1. The topological polar surface area (TPSA) is 76.3 Å². The van der Waals surface area contributed by atoms with Crippen LogP contribution in [-0.2, 0) is 11.3 Å². The first-order valence-electron chi connectivity index (χ1n) is 6.33. The van der Waals surface area contributed by atoms with E-state index in [0.717, 1.165) is 31.7 Å².